The fourth-order valence-corrected chi connectivity index (χ4v) is 2.83. The van der Waals surface area contributed by atoms with Crippen LogP contribution in [0.4, 0.5) is 0 Å². The van der Waals surface area contributed by atoms with Crippen molar-refractivity contribution in [3.8, 4) is 11.5 Å². The van der Waals surface area contributed by atoms with E-state index in [1.165, 1.54) is 12.8 Å². The molecule has 25 heavy (non-hydrogen) atoms. The SMILES string of the molecule is C=CCNC(=NCc1cccc(OC)c1OC1CCCC1)NCC.I. The molecule has 1 fully saturated rings. The molecule has 0 spiro atoms. The van der Waals surface area contributed by atoms with Crippen molar-refractivity contribution in [1.29, 1.82) is 0 Å². The minimum atomic E-state index is 0. The van der Waals surface area contributed by atoms with Crippen LogP contribution in [0.1, 0.15) is 38.2 Å². The van der Waals surface area contributed by atoms with Gasteiger partial charge in [-0.05, 0) is 38.7 Å². The Labute approximate surface area is 168 Å². The average Bonchev–Trinajstić information content (AvgIpc) is 3.11. The Bertz CT molecular complexity index is 558. The van der Waals surface area contributed by atoms with Gasteiger partial charge in [0.1, 0.15) is 0 Å². The van der Waals surface area contributed by atoms with Crippen LogP contribution in [0.2, 0.25) is 0 Å². The van der Waals surface area contributed by atoms with Gasteiger partial charge < -0.3 is 20.1 Å². The number of nitrogens with one attached hydrogen (secondary N) is 2. The zero-order valence-electron chi connectivity index (χ0n) is 15.2. The Kier molecular flexibility index (Phi) is 10.4. The van der Waals surface area contributed by atoms with E-state index in [0.717, 1.165) is 42.4 Å². The predicted molar refractivity (Wildman–Crippen MR) is 114 cm³/mol. The minimum absolute atomic E-state index is 0. The molecule has 1 aliphatic carbocycles. The van der Waals surface area contributed by atoms with Gasteiger partial charge in [0.15, 0.2) is 17.5 Å². The fourth-order valence-electron chi connectivity index (χ4n) is 2.83. The number of rotatable bonds is 8. The second-order valence-corrected chi connectivity index (χ2v) is 5.84. The van der Waals surface area contributed by atoms with E-state index in [2.05, 4.69) is 22.2 Å². The normalized spacial score (nSPS) is 14.6. The molecule has 1 saturated carbocycles. The van der Waals surface area contributed by atoms with Gasteiger partial charge in [-0.25, -0.2) is 4.99 Å². The number of aliphatic imine (C=N–C) groups is 1. The summed E-state index contributed by atoms with van der Waals surface area (Å²) in [6, 6.07) is 5.97. The van der Waals surface area contributed by atoms with E-state index < -0.39 is 0 Å². The van der Waals surface area contributed by atoms with Crippen LogP contribution >= 0.6 is 24.0 Å². The fraction of sp³-hybridized carbons (Fsp3) is 0.526. The molecule has 1 aromatic carbocycles. The van der Waals surface area contributed by atoms with Crippen LogP contribution in [-0.2, 0) is 6.54 Å². The molecule has 0 unspecified atom stereocenters. The summed E-state index contributed by atoms with van der Waals surface area (Å²) in [6.45, 7) is 7.79. The van der Waals surface area contributed by atoms with E-state index in [4.69, 9.17) is 9.47 Å². The molecule has 2 rings (SSSR count). The van der Waals surface area contributed by atoms with Crippen LogP contribution in [0.15, 0.2) is 35.8 Å². The second kappa shape index (κ2) is 12.0. The molecule has 0 bridgehead atoms. The van der Waals surface area contributed by atoms with Crippen LogP contribution in [0.3, 0.4) is 0 Å². The highest BCUT2D eigenvalue weighted by Gasteiger charge is 2.20. The van der Waals surface area contributed by atoms with Crippen LogP contribution in [0, 0.1) is 0 Å². The minimum Gasteiger partial charge on any atom is -0.493 e. The highest BCUT2D eigenvalue weighted by atomic mass is 127. The summed E-state index contributed by atoms with van der Waals surface area (Å²) in [6.07, 6.45) is 6.81. The van der Waals surface area contributed by atoms with Gasteiger partial charge in [0.05, 0.1) is 19.8 Å². The van der Waals surface area contributed by atoms with Crippen molar-refractivity contribution in [3.05, 3.63) is 36.4 Å². The first-order valence-corrected chi connectivity index (χ1v) is 8.74. The lowest BCUT2D eigenvalue weighted by Gasteiger charge is -2.19. The lowest BCUT2D eigenvalue weighted by molar-refractivity contribution is 0.198. The van der Waals surface area contributed by atoms with E-state index in [0.29, 0.717) is 13.1 Å². The zero-order chi connectivity index (χ0) is 17.2. The predicted octanol–water partition coefficient (Wildman–Crippen LogP) is 3.88. The highest BCUT2D eigenvalue weighted by molar-refractivity contribution is 14.0. The Morgan fingerprint density at radius 1 is 1.32 bits per heavy atom. The molecule has 1 aliphatic rings. The number of guanidine groups is 1. The highest BCUT2D eigenvalue weighted by Crippen LogP contribution is 2.35. The molecule has 2 N–H and O–H groups in total. The molecule has 0 radical (unpaired) electrons. The summed E-state index contributed by atoms with van der Waals surface area (Å²) < 4.78 is 11.7. The number of ether oxygens (including phenoxy) is 2. The van der Waals surface area contributed by atoms with E-state index in [1.54, 1.807) is 7.11 Å². The van der Waals surface area contributed by atoms with Gasteiger partial charge in [-0.2, -0.15) is 0 Å². The van der Waals surface area contributed by atoms with Crippen molar-refractivity contribution < 1.29 is 9.47 Å². The first kappa shape index (κ1) is 21.6. The first-order chi connectivity index (χ1) is 11.8. The van der Waals surface area contributed by atoms with Gasteiger partial charge >= 0.3 is 0 Å². The van der Waals surface area contributed by atoms with Crippen molar-refractivity contribution in [2.75, 3.05) is 20.2 Å². The number of hydrogen-bond acceptors (Lipinski definition) is 3. The Morgan fingerprint density at radius 3 is 2.72 bits per heavy atom. The third-order valence-electron chi connectivity index (χ3n) is 4.03. The van der Waals surface area contributed by atoms with Crippen molar-refractivity contribution in [2.45, 2.75) is 45.3 Å². The standard InChI is InChI=1S/C19H29N3O2.HI/c1-4-13-21-19(20-5-2)22-14-15-9-8-12-17(23-3)18(15)24-16-10-6-7-11-16;/h4,8-9,12,16H,1,5-7,10-11,13-14H2,2-3H3,(H2,20,21,22);1H. The lowest BCUT2D eigenvalue weighted by atomic mass is 10.1. The van der Waals surface area contributed by atoms with Crippen LogP contribution in [0.5, 0.6) is 11.5 Å². The summed E-state index contributed by atoms with van der Waals surface area (Å²) >= 11 is 0. The number of nitrogens with zero attached hydrogens (tertiary/aromatic N) is 1. The van der Waals surface area contributed by atoms with Crippen molar-refractivity contribution in [2.24, 2.45) is 4.99 Å². The molecule has 6 heteroatoms. The lowest BCUT2D eigenvalue weighted by Crippen LogP contribution is -2.37. The van der Waals surface area contributed by atoms with E-state index >= 15 is 0 Å². The van der Waals surface area contributed by atoms with Gasteiger partial charge in [-0.3, -0.25) is 0 Å². The number of methoxy groups -OCH3 is 1. The van der Waals surface area contributed by atoms with E-state index in [-0.39, 0.29) is 30.1 Å². The van der Waals surface area contributed by atoms with Gasteiger partial charge in [0.25, 0.3) is 0 Å². The third kappa shape index (κ3) is 6.76. The van der Waals surface area contributed by atoms with Gasteiger partial charge in [-0.1, -0.05) is 18.2 Å². The molecule has 0 saturated heterocycles. The summed E-state index contributed by atoms with van der Waals surface area (Å²) in [5, 5.41) is 6.44. The van der Waals surface area contributed by atoms with Gasteiger partial charge in [-0.15, -0.1) is 30.6 Å². The molecule has 5 nitrogen and oxygen atoms in total. The number of halogens is 1. The maximum absolute atomic E-state index is 6.25. The monoisotopic (exact) mass is 459 g/mol. The maximum atomic E-state index is 6.25. The zero-order valence-corrected chi connectivity index (χ0v) is 17.5. The molecular weight excluding hydrogens is 429 g/mol. The number of para-hydroxylation sites is 1. The third-order valence-corrected chi connectivity index (χ3v) is 4.03. The van der Waals surface area contributed by atoms with E-state index in [9.17, 15) is 0 Å². The van der Waals surface area contributed by atoms with Crippen molar-refractivity contribution in [1.82, 2.24) is 10.6 Å². The van der Waals surface area contributed by atoms with Gasteiger partial charge in [0, 0.05) is 18.7 Å². The average molecular weight is 459 g/mol. The first-order valence-electron chi connectivity index (χ1n) is 8.74. The van der Waals surface area contributed by atoms with Crippen molar-refractivity contribution >= 4 is 29.9 Å². The maximum Gasteiger partial charge on any atom is 0.191 e. The molecule has 0 atom stereocenters. The van der Waals surface area contributed by atoms with Crippen molar-refractivity contribution in [3.63, 3.8) is 0 Å². The smallest absolute Gasteiger partial charge is 0.191 e. The van der Waals surface area contributed by atoms with E-state index in [1.807, 2.05) is 31.2 Å². The summed E-state index contributed by atoms with van der Waals surface area (Å²) in [5.41, 5.74) is 1.04. The van der Waals surface area contributed by atoms with Crippen LogP contribution in [0.25, 0.3) is 0 Å². The molecule has 0 aliphatic heterocycles. The molecular formula is C19H30IN3O2. The molecule has 1 aromatic rings. The van der Waals surface area contributed by atoms with Gasteiger partial charge in [0.2, 0.25) is 0 Å². The Balaban J connectivity index is 0.00000312. The quantitative estimate of drug-likeness (QED) is 0.268. The largest absolute Gasteiger partial charge is 0.493 e. The molecule has 140 valence electrons. The number of benzene rings is 1. The Hall–Kier alpha value is -1.44. The molecule has 0 aromatic heterocycles. The topological polar surface area (TPSA) is 54.9 Å². The summed E-state index contributed by atoms with van der Waals surface area (Å²) in [5.74, 6) is 2.38. The molecule has 0 heterocycles. The number of hydrogen-bond donors (Lipinski definition) is 2. The summed E-state index contributed by atoms with van der Waals surface area (Å²) in [4.78, 5) is 4.64. The molecule has 0 amide bonds. The second-order valence-electron chi connectivity index (χ2n) is 5.84. The van der Waals surface area contributed by atoms with Crippen LogP contribution < -0.4 is 20.1 Å². The van der Waals surface area contributed by atoms with Crippen LogP contribution in [-0.4, -0.2) is 32.3 Å². The Morgan fingerprint density at radius 2 is 2.08 bits per heavy atom. The summed E-state index contributed by atoms with van der Waals surface area (Å²) in [7, 11) is 1.68.